The van der Waals surface area contributed by atoms with Gasteiger partial charge >= 0.3 is 0 Å². The van der Waals surface area contributed by atoms with Crippen molar-refractivity contribution in [3.63, 3.8) is 0 Å². The van der Waals surface area contributed by atoms with Gasteiger partial charge in [-0.1, -0.05) is 6.07 Å². The minimum atomic E-state index is -1.02. The molecule has 1 aromatic heterocycles. The fourth-order valence-corrected chi connectivity index (χ4v) is 3.71. The number of aromatic hydroxyl groups is 1. The lowest BCUT2D eigenvalue weighted by Gasteiger charge is -2.39. The Kier molecular flexibility index (Phi) is 8.18. The molecule has 0 fully saturated rings. The number of Topliss-reactive ketones (excluding diaryl/α,β-unsaturated/α-hetero) is 1. The number of hydrogen-bond donors (Lipinski definition) is 2. The highest BCUT2D eigenvalue weighted by molar-refractivity contribution is 6.00. The molecule has 1 aromatic carbocycles. The van der Waals surface area contributed by atoms with Gasteiger partial charge in [0.1, 0.15) is 18.3 Å². The van der Waals surface area contributed by atoms with Crippen molar-refractivity contribution < 1.29 is 33.0 Å². The maximum absolute atomic E-state index is 13.9. The minimum Gasteiger partial charge on any atom is -0.502 e. The van der Waals surface area contributed by atoms with Crippen LogP contribution in [-0.2, 0) is 16.0 Å². The molecule has 2 amide bonds. The maximum atomic E-state index is 13.9. The summed E-state index contributed by atoms with van der Waals surface area (Å²) in [4.78, 5) is 51.3. The van der Waals surface area contributed by atoms with Gasteiger partial charge in [0, 0.05) is 45.8 Å². The Labute approximate surface area is 199 Å². The molecule has 0 bridgehead atoms. The zero-order valence-corrected chi connectivity index (χ0v) is 19.3. The number of nitrogens with one attached hydrogen (secondary N) is 1. The number of benzene rings is 1. The summed E-state index contributed by atoms with van der Waals surface area (Å²) in [7, 11) is 1.47. The quantitative estimate of drug-likeness (QED) is 0.470. The topological polar surface area (TPSA) is 121 Å². The minimum absolute atomic E-state index is 0.0471. The number of fused-ring (bicyclic) bond motifs is 1. The summed E-state index contributed by atoms with van der Waals surface area (Å²) in [6.45, 7) is 2.19. The van der Waals surface area contributed by atoms with Crippen LogP contribution in [-0.4, -0.2) is 72.3 Å². The largest absolute Gasteiger partial charge is 0.502 e. The number of carbonyl (C=O) groups excluding carboxylic acids is 3. The third-order valence-corrected chi connectivity index (χ3v) is 5.54. The first-order valence-corrected chi connectivity index (χ1v) is 10.9. The Morgan fingerprint density at radius 1 is 1.20 bits per heavy atom. The Morgan fingerprint density at radius 2 is 1.94 bits per heavy atom. The monoisotopic (exact) mass is 492 g/mol. The molecule has 3 rings (SSSR count). The third kappa shape index (κ3) is 5.83. The number of aryl methyl sites for hydroxylation is 1. The average Bonchev–Trinajstić information content (AvgIpc) is 2.80. The standard InChI is InChI=1S/C23H26F2N4O6/c1-14(30)26-7-8-28-13-27(9-10-35-2)23(34)20-22(33)21(32)17(12-29(20)28)19(31)6-4-15-3-5-16(24)11-18(15)25/h3,5,11-12,33H,4,6-10,13H2,1-2H3,(H,26,30). The first-order chi connectivity index (χ1) is 16.6. The summed E-state index contributed by atoms with van der Waals surface area (Å²) in [6.07, 6.45) is 0.791. The Bertz CT molecular complexity index is 1200. The average molecular weight is 492 g/mol. The number of rotatable bonds is 10. The van der Waals surface area contributed by atoms with Gasteiger partial charge in [-0.05, 0) is 18.1 Å². The summed E-state index contributed by atoms with van der Waals surface area (Å²) in [5.74, 6) is -4.02. The number of hydrogen-bond acceptors (Lipinski definition) is 7. The van der Waals surface area contributed by atoms with Gasteiger partial charge in [-0.3, -0.25) is 28.9 Å². The van der Waals surface area contributed by atoms with E-state index >= 15 is 0 Å². The molecule has 0 saturated carbocycles. The number of aromatic nitrogens is 1. The number of ether oxygens (including phenoxy) is 1. The van der Waals surface area contributed by atoms with E-state index in [0.717, 1.165) is 6.07 Å². The van der Waals surface area contributed by atoms with Crippen LogP contribution in [0.2, 0.25) is 0 Å². The van der Waals surface area contributed by atoms with Gasteiger partial charge in [0.25, 0.3) is 5.91 Å². The zero-order chi connectivity index (χ0) is 25.7. The smallest absolute Gasteiger partial charge is 0.277 e. The van der Waals surface area contributed by atoms with Crippen LogP contribution in [0.1, 0.15) is 39.8 Å². The van der Waals surface area contributed by atoms with E-state index in [9.17, 15) is 33.1 Å². The van der Waals surface area contributed by atoms with Crippen molar-refractivity contribution in [2.75, 3.05) is 45.0 Å². The van der Waals surface area contributed by atoms with Gasteiger partial charge in [-0.15, -0.1) is 0 Å². The summed E-state index contributed by atoms with van der Waals surface area (Å²) in [6, 6.07) is 2.98. The van der Waals surface area contributed by atoms with Crippen molar-refractivity contribution in [2.45, 2.75) is 19.8 Å². The molecule has 0 radical (unpaired) electrons. The van der Waals surface area contributed by atoms with Gasteiger partial charge in [0.15, 0.2) is 17.2 Å². The number of halogens is 2. The number of amides is 2. The second kappa shape index (κ2) is 11.1. The van der Waals surface area contributed by atoms with E-state index in [1.807, 2.05) is 0 Å². The molecule has 1 aliphatic rings. The maximum Gasteiger partial charge on any atom is 0.277 e. The first-order valence-electron chi connectivity index (χ1n) is 10.9. The molecule has 0 atom stereocenters. The first kappa shape index (κ1) is 25.8. The summed E-state index contributed by atoms with van der Waals surface area (Å²) in [5, 5.41) is 14.8. The molecule has 2 aromatic rings. The fraction of sp³-hybridized carbons (Fsp3) is 0.391. The Morgan fingerprint density at radius 3 is 2.60 bits per heavy atom. The predicted octanol–water partition coefficient (Wildman–Crippen LogP) is 0.781. The van der Waals surface area contributed by atoms with E-state index in [1.165, 1.54) is 35.9 Å². The fourth-order valence-electron chi connectivity index (χ4n) is 3.71. The normalized spacial score (nSPS) is 13.1. The molecular weight excluding hydrogens is 466 g/mol. The number of methoxy groups -OCH3 is 1. The van der Waals surface area contributed by atoms with Crippen molar-refractivity contribution in [1.29, 1.82) is 0 Å². The van der Waals surface area contributed by atoms with Gasteiger partial charge in [-0.25, -0.2) is 8.78 Å². The predicted molar refractivity (Wildman–Crippen MR) is 121 cm³/mol. The van der Waals surface area contributed by atoms with Crippen LogP contribution in [0.3, 0.4) is 0 Å². The van der Waals surface area contributed by atoms with Crippen LogP contribution < -0.4 is 15.8 Å². The van der Waals surface area contributed by atoms with Crippen LogP contribution >= 0.6 is 0 Å². The molecule has 0 spiro atoms. The van der Waals surface area contributed by atoms with E-state index in [-0.39, 0.29) is 68.5 Å². The van der Waals surface area contributed by atoms with Gasteiger partial charge in [0.2, 0.25) is 11.3 Å². The van der Waals surface area contributed by atoms with Crippen LogP contribution in [0.15, 0.2) is 29.2 Å². The number of ketones is 1. The number of pyridine rings is 1. The van der Waals surface area contributed by atoms with Crippen LogP contribution in [0.4, 0.5) is 8.78 Å². The molecule has 0 unspecified atom stereocenters. The second-order valence-electron chi connectivity index (χ2n) is 7.99. The lowest BCUT2D eigenvalue weighted by Crippen LogP contribution is -2.56. The van der Waals surface area contributed by atoms with Crippen molar-refractivity contribution in [1.82, 2.24) is 14.9 Å². The van der Waals surface area contributed by atoms with Gasteiger partial charge < -0.3 is 20.1 Å². The molecule has 0 aliphatic carbocycles. The van der Waals surface area contributed by atoms with Crippen molar-refractivity contribution in [3.8, 4) is 5.75 Å². The van der Waals surface area contributed by atoms with Crippen molar-refractivity contribution in [3.05, 3.63) is 63.1 Å². The molecule has 0 saturated heterocycles. The molecule has 1 aliphatic heterocycles. The zero-order valence-electron chi connectivity index (χ0n) is 19.3. The molecule has 12 heteroatoms. The molecule has 2 N–H and O–H groups in total. The van der Waals surface area contributed by atoms with Gasteiger partial charge in [0.05, 0.1) is 18.7 Å². The van der Waals surface area contributed by atoms with E-state index in [1.54, 1.807) is 5.01 Å². The Hall–Kier alpha value is -3.80. The molecule has 35 heavy (non-hydrogen) atoms. The van der Waals surface area contributed by atoms with Crippen LogP contribution in [0, 0.1) is 11.6 Å². The van der Waals surface area contributed by atoms with E-state index < -0.39 is 34.5 Å². The summed E-state index contributed by atoms with van der Waals surface area (Å²) < 4.78 is 33.3. The van der Waals surface area contributed by atoms with Crippen LogP contribution in [0.5, 0.6) is 5.75 Å². The summed E-state index contributed by atoms with van der Waals surface area (Å²) >= 11 is 0. The molecule has 10 nitrogen and oxygen atoms in total. The lowest BCUT2D eigenvalue weighted by atomic mass is 10.0. The van der Waals surface area contributed by atoms with Gasteiger partial charge in [-0.2, -0.15) is 0 Å². The highest BCUT2D eigenvalue weighted by atomic mass is 19.1. The number of carbonyl (C=O) groups is 3. The molecule has 188 valence electrons. The molecular formula is C23H26F2N4O6. The van der Waals surface area contributed by atoms with Crippen LogP contribution in [0.25, 0.3) is 0 Å². The van der Waals surface area contributed by atoms with E-state index in [0.29, 0.717) is 6.07 Å². The Balaban J connectivity index is 1.93. The molecule has 2 heterocycles. The van der Waals surface area contributed by atoms with E-state index in [4.69, 9.17) is 4.74 Å². The SMILES string of the molecule is COCCN1CN(CCNC(C)=O)n2cc(C(=O)CCc3ccc(F)cc3F)c(=O)c(O)c2C1=O. The summed E-state index contributed by atoms with van der Waals surface area (Å²) in [5.41, 5.74) is -1.62. The van der Waals surface area contributed by atoms with Crippen molar-refractivity contribution in [2.24, 2.45) is 0 Å². The van der Waals surface area contributed by atoms with E-state index in [2.05, 4.69) is 5.32 Å². The lowest BCUT2D eigenvalue weighted by molar-refractivity contribution is -0.118. The highest BCUT2D eigenvalue weighted by Gasteiger charge is 2.34. The third-order valence-electron chi connectivity index (χ3n) is 5.54. The number of nitrogens with zero attached hydrogens (tertiary/aromatic N) is 3. The van der Waals surface area contributed by atoms with Crippen molar-refractivity contribution >= 4 is 17.6 Å². The highest BCUT2D eigenvalue weighted by Crippen LogP contribution is 2.22. The second-order valence-corrected chi connectivity index (χ2v) is 7.99.